The first-order valence-electron chi connectivity index (χ1n) is 4.42. The van der Waals surface area contributed by atoms with E-state index in [4.69, 9.17) is 5.11 Å². The Bertz CT molecular complexity index is 240. The molecule has 0 bridgehead atoms. The maximum absolute atomic E-state index is 11.5. The summed E-state index contributed by atoms with van der Waals surface area (Å²) in [7, 11) is 0. The summed E-state index contributed by atoms with van der Waals surface area (Å²) >= 11 is 0. The highest BCUT2D eigenvalue weighted by atomic mass is 19.4. The molecule has 0 saturated carbocycles. The Kier molecular flexibility index (Phi) is 6.79. The van der Waals surface area contributed by atoms with Crippen molar-refractivity contribution < 1.29 is 32.6 Å². The van der Waals surface area contributed by atoms with Gasteiger partial charge in [0, 0.05) is 6.42 Å². The molecule has 0 aliphatic carbocycles. The quantitative estimate of drug-likeness (QED) is 0.719. The molecule has 7 heteroatoms. The molecule has 1 N–H and O–H groups in total. The summed E-state index contributed by atoms with van der Waals surface area (Å²) in [6.07, 6.45) is -4.67. The van der Waals surface area contributed by atoms with Crippen molar-refractivity contribution in [2.45, 2.75) is 45.9 Å². The number of hydrogen-bond acceptors (Lipinski definition) is 3. The fourth-order valence-electron chi connectivity index (χ4n) is 0.336. The van der Waals surface area contributed by atoms with Crippen LogP contribution in [0.15, 0.2) is 0 Å². The molecule has 0 radical (unpaired) electrons. The number of esters is 1. The van der Waals surface area contributed by atoms with Crippen LogP contribution in [0.4, 0.5) is 13.2 Å². The lowest BCUT2D eigenvalue weighted by molar-refractivity contribution is -0.210. The van der Waals surface area contributed by atoms with E-state index in [2.05, 4.69) is 4.74 Å². The molecular weight excluding hydrogens is 229 g/mol. The Morgan fingerprint density at radius 2 is 1.50 bits per heavy atom. The van der Waals surface area contributed by atoms with Gasteiger partial charge in [-0.2, -0.15) is 13.2 Å². The molecule has 96 valence electrons. The maximum atomic E-state index is 11.5. The van der Waals surface area contributed by atoms with Crippen LogP contribution in [0.5, 0.6) is 0 Å². The van der Waals surface area contributed by atoms with E-state index in [1.807, 2.05) is 0 Å². The zero-order valence-corrected chi connectivity index (χ0v) is 9.51. The first-order valence-corrected chi connectivity index (χ1v) is 4.42. The van der Waals surface area contributed by atoms with E-state index < -0.39 is 23.7 Å². The summed E-state index contributed by atoms with van der Waals surface area (Å²) in [5, 5.41) is 7.72. The van der Waals surface area contributed by atoms with Crippen LogP contribution in [0.1, 0.15) is 34.1 Å². The number of hydrogen-bond donors (Lipinski definition) is 1. The van der Waals surface area contributed by atoms with Gasteiger partial charge >= 0.3 is 18.1 Å². The number of carboxylic acid groups (broad SMARTS) is 1. The minimum atomic E-state index is -4.90. The third-order valence-electron chi connectivity index (χ3n) is 0.933. The monoisotopic (exact) mass is 244 g/mol. The van der Waals surface area contributed by atoms with Gasteiger partial charge < -0.3 is 9.84 Å². The van der Waals surface area contributed by atoms with Gasteiger partial charge in [0.2, 0.25) is 0 Å². The van der Waals surface area contributed by atoms with Crippen molar-refractivity contribution in [3.63, 3.8) is 0 Å². The second-order valence-corrected chi connectivity index (χ2v) is 3.75. The number of aliphatic carboxylic acids is 1. The second-order valence-electron chi connectivity index (χ2n) is 3.75. The molecule has 0 aliphatic heterocycles. The molecule has 0 atom stereocenters. The van der Waals surface area contributed by atoms with Crippen LogP contribution in [0.2, 0.25) is 0 Å². The van der Waals surface area contributed by atoms with Gasteiger partial charge in [0.1, 0.15) is 5.60 Å². The summed E-state index contributed by atoms with van der Waals surface area (Å²) in [5.41, 5.74) is -1.09. The van der Waals surface area contributed by atoms with Gasteiger partial charge in [-0.25, -0.2) is 4.79 Å². The first kappa shape index (κ1) is 17.1. The third kappa shape index (κ3) is 12.7. The highest BCUT2D eigenvalue weighted by molar-refractivity contribution is 5.75. The van der Waals surface area contributed by atoms with Gasteiger partial charge in [0.25, 0.3) is 0 Å². The van der Waals surface area contributed by atoms with Crippen molar-refractivity contribution in [1.82, 2.24) is 0 Å². The Balaban J connectivity index is 0. The molecule has 0 saturated heterocycles. The first-order chi connectivity index (χ1) is 6.90. The molecule has 16 heavy (non-hydrogen) atoms. The van der Waals surface area contributed by atoms with Crippen LogP contribution >= 0.6 is 0 Å². The van der Waals surface area contributed by atoms with Gasteiger partial charge in [0.15, 0.2) is 0 Å². The van der Waals surface area contributed by atoms with E-state index in [0.29, 0.717) is 0 Å². The average Bonchev–Trinajstić information content (AvgIpc) is 2.00. The molecule has 0 unspecified atom stereocenters. The highest BCUT2D eigenvalue weighted by Crippen LogP contribution is 2.20. The second kappa shape index (κ2) is 6.34. The number of carboxylic acids is 1. The minimum absolute atomic E-state index is 0.222. The number of halogens is 3. The number of carbonyl (C=O) groups is 2. The third-order valence-corrected chi connectivity index (χ3v) is 0.933. The molecule has 4 nitrogen and oxygen atoms in total. The Labute approximate surface area is 91.4 Å². The molecule has 0 aromatic heterocycles. The van der Waals surface area contributed by atoms with Crippen LogP contribution in [0, 0.1) is 0 Å². The normalized spacial score (nSPS) is 11.2. The lowest BCUT2D eigenvalue weighted by Gasteiger charge is -2.19. The van der Waals surface area contributed by atoms with Crippen molar-refractivity contribution in [3.8, 4) is 0 Å². The SMILES string of the molecule is CC(C)(C)OC(=O)C(F)(F)F.CCC(=O)O. The summed E-state index contributed by atoms with van der Waals surface area (Å²) < 4.78 is 38.6. The van der Waals surface area contributed by atoms with Crippen molar-refractivity contribution in [2.24, 2.45) is 0 Å². The van der Waals surface area contributed by atoms with Crippen molar-refractivity contribution >= 4 is 11.9 Å². The van der Waals surface area contributed by atoms with Crippen LogP contribution in [-0.2, 0) is 14.3 Å². The van der Waals surface area contributed by atoms with Crippen LogP contribution in [0.25, 0.3) is 0 Å². The number of carbonyl (C=O) groups excluding carboxylic acids is 1. The van der Waals surface area contributed by atoms with Crippen LogP contribution < -0.4 is 0 Å². The van der Waals surface area contributed by atoms with Gasteiger partial charge in [-0.15, -0.1) is 0 Å². The number of rotatable bonds is 1. The van der Waals surface area contributed by atoms with Crippen molar-refractivity contribution in [2.75, 3.05) is 0 Å². The summed E-state index contributed by atoms with van der Waals surface area (Å²) in [5.74, 6) is -2.89. The van der Waals surface area contributed by atoms with E-state index >= 15 is 0 Å². The van der Waals surface area contributed by atoms with Crippen LogP contribution in [-0.4, -0.2) is 28.8 Å². The van der Waals surface area contributed by atoms with E-state index in [9.17, 15) is 22.8 Å². The van der Waals surface area contributed by atoms with Gasteiger partial charge in [-0.1, -0.05) is 6.92 Å². The number of alkyl halides is 3. The van der Waals surface area contributed by atoms with Crippen molar-refractivity contribution in [3.05, 3.63) is 0 Å². The van der Waals surface area contributed by atoms with Crippen LogP contribution in [0.3, 0.4) is 0 Å². The highest BCUT2D eigenvalue weighted by Gasteiger charge is 2.42. The molecule has 0 rings (SSSR count). The van der Waals surface area contributed by atoms with Gasteiger partial charge in [0.05, 0.1) is 0 Å². The molecule has 0 aliphatic rings. The molecule has 0 fully saturated rings. The zero-order valence-electron chi connectivity index (χ0n) is 9.51. The smallest absolute Gasteiger partial charge is 0.481 e. The largest absolute Gasteiger partial charge is 0.490 e. The standard InChI is InChI=1S/C6H9F3O2.C3H6O2/c1-5(2,3)11-4(10)6(7,8)9;1-2-3(4)5/h1-3H3;2H2,1H3,(H,4,5). The number of ether oxygens (including phenoxy) is 1. The maximum Gasteiger partial charge on any atom is 0.490 e. The van der Waals surface area contributed by atoms with E-state index in [1.165, 1.54) is 20.8 Å². The molecule has 0 aromatic carbocycles. The Hall–Kier alpha value is -1.27. The lowest BCUT2D eigenvalue weighted by atomic mass is 10.2. The molecule has 0 spiro atoms. The summed E-state index contributed by atoms with van der Waals surface area (Å²) in [6, 6.07) is 0. The molecule has 0 aromatic rings. The molecule has 0 amide bonds. The average molecular weight is 244 g/mol. The summed E-state index contributed by atoms with van der Waals surface area (Å²) in [6.45, 7) is 5.71. The van der Waals surface area contributed by atoms with E-state index in [-0.39, 0.29) is 6.42 Å². The van der Waals surface area contributed by atoms with E-state index in [0.717, 1.165) is 0 Å². The predicted molar refractivity (Wildman–Crippen MR) is 49.8 cm³/mol. The fourth-order valence-corrected chi connectivity index (χ4v) is 0.336. The topological polar surface area (TPSA) is 63.6 Å². The zero-order chi connectivity index (χ0) is 13.6. The molecule has 0 heterocycles. The van der Waals surface area contributed by atoms with Crippen molar-refractivity contribution in [1.29, 1.82) is 0 Å². The van der Waals surface area contributed by atoms with Gasteiger partial charge in [-0.3, -0.25) is 4.79 Å². The predicted octanol–water partition coefficient (Wildman–Crippen LogP) is 2.37. The Morgan fingerprint density at radius 1 is 1.19 bits per heavy atom. The minimum Gasteiger partial charge on any atom is -0.481 e. The van der Waals surface area contributed by atoms with E-state index in [1.54, 1.807) is 6.92 Å². The fraction of sp³-hybridized carbons (Fsp3) is 0.778. The lowest BCUT2D eigenvalue weighted by Crippen LogP contribution is -2.33. The summed E-state index contributed by atoms with van der Waals surface area (Å²) in [4.78, 5) is 19.5. The molecular formula is C9H15F3O4. The van der Waals surface area contributed by atoms with Gasteiger partial charge in [-0.05, 0) is 20.8 Å². The Morgan fingerprint density at radius 3 is 1.56 bits per heavy atom.